The normalized spacial score (nSPS) is 11.0. The maximum absolute atomic E-state index is 12.4. The van der Waals surface area contributed by atoms with Crippen molar-refractivity contribution in [2.45, 2.75) is 6.92 Å². The van der Waals surface area contributed by atoms with Gasteiger partial charge in [-0.3, -0.25) is 9.59 Å². The number of carbonyl (C=O) groups is 2. The van der Waals surface area contributed by atoms with Gasteiger partial charge in [0.25, 0.3) is 11.8 Å². The zero-order valence-corrected chi connectivity index (χ0v) is 14.4. The summed E-state index contributed by atoms with van der Waals surface area (Å²) in [5, 5.41) is 5.42. The number of ether oxygens (including phenoxy) is 1. The lowest BCUT2D eigenvalue weighted by Crippen LogP contribution is -2.36. The molecular formula is C20H22N2O3. The highest BCUT2D eigenvalue weighted by Crippen LogP contribution is 2.08. The average molecular weight is 338 g/mol. The fraction of sp³-hybridized carbons (Fsp3) is 0.200. The van der Waals surface area contributed by atoms with Crippen molar-refractivity contribution >= 4 is 17.9 Å². The summed E-state index contributed by atoms with van der Waals surface area (Å²) in [5.74, 6) is -0.689. The van der Waals surface area contributed by atoms with Crippen LogP contribution in [0.25, 0.3) is 6.08 Å². The number of methoxy groups -OCH3 is 1. The summed E-state index contributed by atoms with van der Waals surface area (Å²) in [5.41, 5.74) is 2.57. The van der Waals surface area contributed by atoms with Gasteiger partial charge in [0, 0.05) is 19.2 Å². The summed E-state index contributed by atoms with van der Waals surface area (Å²) >= 11 is 0. The van der Waals surface area contributed by atoms with Crippen LogP contribution in [-0.2, 0) is 9.53 Å². The van der Waals surface area contributed by atoms with E-state index in [2.05, 4.69) is 10.6 Å². The van der Waals surface area contributed by atoms with E-state index in [4.69, 9.17) is 4.74 Å². The Balaban J connectivity index is 2.18. The number of carbonyl (C=O) groups excluding carboxylic acids is 2. The van der Waals surface area contributed by atoms with Gasteiger partial charge in [-0.25, -0.2) is 0 Å². The lowest BCUT2D eigenvalue weighted by molar-refractivity contribution is -0.117. The molecule has 0 aromatic heterocycles. The quantitative estimate of drug-likeness (QED) is 0.602. The highest BCUT2D eigenvalue weighted by Gasteiger charge is 2.14. The minimum absolute atomic E-state index is 0.188. The Labute approximate surface area is 147 Å². The predicted octanol–water partition coefficient (Wildman–Crippen LogP) is 2.53. The largest absolute Gasteiger partial charge is 0.383 e. The number of benzene rings is 2. The van der Waals surface area contributed by atoms with Crippen LogP contribution in [0.4, 0.5) is 0 Å². The topological polar surface area (TPSA) is 67.4 Å². The fourth-order valence-corrected chi connectivity index (χ4v) is 2.14. The molecule has 2 N–H and O–H groups in total. The van der Waals surface area contributed by atoms with E-state index >= 15 is 0 Å². The van der Waals surface area contributed by atoms with Crippen molar-refractivity contribution in [3.63, 3.8) is 0 Å². The summed E-state index contributed by atoms with van der Waals surface area (Å²) in [7, 11) is 1.56. The number of aryl methyl sites for hydroxylation is 1. The first kappa shape index (κ1) is 18.4. The second-order valence-electron chi connectivity index (χ2n) is 5.54. The molecule has 2 aromatic rings. The van der Waals surface area contributed by atoms with Crippen LogP contribution in [0.2, 0.25) is 0 Å². The van der Waals surface area contributed by atoms with Crippen LogP contribution in [0.1, 0.15) is 21.5 Å². The summed E-state index contributed by atoms with van der Waals surface area (Å²) < 4.78 is 4.93. The van der Waals surface area contributed by atoms with Crippen molar-refractivity contribution < 1.29 is 14.3 Å². The van der Waals surface area contributed by atoms with Gasteiger partial charge in [0.05, 0.1) is 6.61 Å². The van der Waals surface area contributed by atoms with E-state index in [1.54, 1.807) is 25.3 Å². The Morgan fingerprint density at radius 3 is 2.36 bits per heavy atom. The molecule has 25 heavy (non-hydrogen) atoms. The molecule has 0 saturated heterocycles. The van der Waals surface area contributed by atoms with E-state index < -0.39 is 0 Å². The SMILES string of the molecule is COCCNC(=O)C(=Cc1ccccc1)NC(=O)c1ccc(C)cc1. The molecule has 0 heterocycles. The van der Waals surface area contributed by atoms with E-state index in [1.807, 2.05) is 49.4 Å². The molecule has 0 unspecified atom stereocenters. The number of amides is 2. The van der Waals surface area contributed by atoms with Crippen LogP contribution in [0.15, 0.2) is 60.3 Å². The van der Waals surface area contributed by atoms with E-state index in [-0.39, 0.29) is 17.5 Å². The third-order valence-electron chi connectivity index (χ3n) is 3.51. The fourth-order valence-electron chi connectivity index (χ4n) is 2.14. The maximum atomic E-state index is 12.4. The Bertz CT molecular complexity index is 737. The van der Waals surface area contributed by atoms with E-state index in [1.165, 1.54) is 0 Å². The maximum Gasteiger partial charge on any atom is 0.267 e. The predicted molar refractivity (Wildman–Crippen MR) is 97.9 cm³/mol. The number of nitrogens with one attached hydrogen (secondary N) is 2. The highest BCUT2D eigenvalue weighted by molar-refractivity contribution is 6.05. The Morgan fingerprint density at radius 1 is 1.04 bits per heavy atom. The van der Waals surface area contributed by atoms with Crippen molar-refractivity contribution in [2.24, 2.45) is 0 Å². The molecule has 0 aliphatic rings. The highest BCUT2D eigenvalue weighted by atomic mass is 16.5. The first-order valence-corrected chi connectivity index (χ1v) is 8.02. The van der Waals surface area contributed by atoms with Crippen LogP contribution >= 0.6 is 0 Å². The summed E-state index contributed by atoms with van der Waals surface area (Å²) in [4.78, 5) is 24.8. The van der Waals surface area contributed by atoms with Gasteiger partial charge in [-0.05, 0) is 30.7 Å². The van der Waals surface area contributed by atoms with Crippen LogP contribution in [0, 0.1) is 6.92 Å². The van der Waals surface area contributed by atoms with Crippen molar-refractivity contribution in [2.75, 3.05) is 20.3 Å². The smallest absolute Gasteiger partial charge is 0.267 e. The Kier molecular flexibility index (Phi) is 6.92. The molecule has 0 aliphatic carbocycles. The first-order chi connectivity index (χ1) is 12.1. The summed E-state index contributed by atoms with van der Waals surface area (Å²) in [6.07, 6.45) is 1.65. The zero-order valence-electron chi connectivity index (χ0n) is 14.4. The van der Waals surface area contributed by atoms with Crippen molar-refractivity contribution in [3.8, 4) is 0 Å². The van der Waals surface area contributed by atoms with Crippen molar-refractivity contribution in [1.29, 1.82) is 0 Å². The van der Waals surface area contributed by atoms with Crippen LogP contribution in [0.5, 0.6) is 0 Å². The Morgan fingerprint density at radius 2 is 1.72 bits per heavy atom. The molecule has 5 nitrogen and oxygen atoms in total. The van der Waals surface area contributed by atoms with Crippen LogP contribution < -0.4 is 10.6 Å². The molecule has 0 atom stereocenters. The molecule has 130 valence electrons. The molecular weight excluding hydrogens is 316 g/mol. The molecule has 0 aliphatic heterocycles. The van der Waals surface area contributed by atoms with Gasteiger partial charge in [0.2, 0.25) is 0 Å². The molecule has 2 aromatic carbocycles. The molecule has 2 rings (SSSR count). The molecule has 0 spiro atoms. The lowest BCUT2D eigenvalue weighted by Gasteiger charge is -2.11. The van der Waals surface area contributed by atoms with Crippen LogP contribution in [0.3, 0.4) is 0 Å². The van der Waals surface area contributed by atoms with Gasteiger partial charge in [-0.15, -0.1) is 0 Å². The van der Waals surface area contributed by atoms with Gasteiger partial charge in [0.15, 0.2) is 0 Å². The van der Waals surface area contributed by atoms with Gasteiger partial charge >= 0.3 is 0 Å². The van der Waals surface area contributed by atoms with E-state index in [0.717, 1.165) is 11.1 Å². The molecule has 0 radical (unpaired) electrons. The average Bonchev–Trinajstić information content (AvgIpc) is 2.62. The van der Waals surface area contributed by atoms with Gasteiger partial charge < -0.3 is 15.4 Å². The summed E-state index contributed by atoms with van der Waals surface area (Å²) in [6, 6.07) is 16.5. The number of rotatable bonds is 7. The number of hydrogen-bond donors (Lipinski definition) is 2. The van der Waals surface area contributed by atoms with Crippen molar-refractivity contribution in [3.05, 3.63) is 77.0 Å². The lowest BCUT2D eigenvalue weighted by atomic mass is 10.1. The second-order valence-corrected chi connectivity index (χ2v) is 5.54. The first-order valence-electron chi connectivity index (χ1n) is 8.02. The zero-order chi connectivity index (χ0) is 18.1. The van der Waals surface area contributed by atoms with Gasteiger partial charge in [-0.1, -0.05) is 48.0 Å². The van der Waals surface area contributed by atoms with E-state index in [9.17, 15) is 9.59 Å². The summed E-state index contributed by atoms with van der Waals surface area (Å²) in [6.45, 7) is 2.71. The third-order valence-corrected chi connectivity index (χ3v) is 3.51. The standard InChI is InChI=1S/C20H22N2O3/c1-15-8-10-17(11-9-15)19(23)22-18(20(24)21-12-13-25-2)14-16-6-4-3-5-7-16/h3-11,14H,12-13H2,1-2H3,(H,21,24)(H,22,23). The van der Waals surface area contributed by atoms with Crippen molar-refractivity contribution in [1.82, 2.24) is 10.6 Å². The monoisotopic (exact) mass is 338 g/mol. The minimum Gasteiger partial charge on any atom is -0.383 e. The second kappa shape index (κ2) is 9.39. The van der Waals surface area contributed by atoms with Gasteiger partial charge in [0.1, 0.15) is 5.70 Å². The molecule has 0 fully saturated rings. The van der Waals surface area contributed by atoms with Gasteiger partial charge in [-0.2, -0.15) is 0 Å². The van der Waals surface area contributed by atoms with E-state index in [0.29, 0.717) is 18.7 Å². The molecule has 2 amide bonds. The van der Waals surface area contributed by atoms with Crippen LogP contribution in [-0.4, -0.2) is 32.1 Å². The number of hydrogen-bond acceptors (Lipinski definition) is 3. The third kappa shape index (κ3) is 5.90. The minimum atomic E-state index is -0.360. The Hall–Kier alpha value is -2.92. The molecule has 5 heteroatoms. The molecule has 0 bridgehead atoms. The molecule has 0 saturated carbocycles.